The number of anilines is 1. The Labute approximate surface area is 116 Å². The molecule has 2 rings (SSSR count). The van der Waals surface area contributed by atoms with Crippen molar-refractivity contribution in [2.24, 2.45) is 5.92 Å². The Morgan fingerprint density at radius 3 is 2.75 bits per heavy atom. The van der Waals surface area contributed by atoms with Crippen LogP contribution in [-0.2, 0) is 4.79 Å². The lowest BCUT2D eigenvalue weighted by atomic mass is 10.0. The number of carbonyl (C=O) groups is 1. The molecule has 0 bridgehead atoms. The SMILES string of the molecule is CC(C(=O)O)C(Nc1ccc2ncsc2c1)C(F)(F)F. The normalized spacial score (nSPS) is 15.0. The third kappa shape index (κ3) is 3.01. The van der Waals surface area contributed by atoms with Crippen molar-refractivity contribution in [1.29, 1.82) is 0 Å². The van der Waals surface area contributed by atoms with Gasteiger partial charge in [0.15, 0.2) is 0 Å². The zero-order chi connectivity index (χ0) is 14.9. The second kappa shape index (κ2) is 5.28. The molecule has 0 saturated carbocycles. The molecule has 0 spiro atoms. The van der Waals surface area contributed by atoms with Crippen LogP contribution in [0.1, 0.15) is 6.92 Å². The van der Waals surface area contributed by atoms with E-state index < -0.39 is 24.1 Å². The maximum Gasteiger partial charge on any atom is 0.409 e. The number of benzene rings is 1. The molecule has 0 aliphatic carbocycles. The molecule has 2 unspecified atom stereocenters. The third-order valence-electron chi connectivity index (χ3n) is 2.90. The van der Waals surface area contributed by atoms with Crippen molar-refractivity contribution < 1.29 is 23.1 Å². The molecule has 108 valence electrons. The first-order chi connectivity index (χ1) is 9.29. The van der Waals surface area contributed by atoms with Crippen LogP contribution in [0.25, 0.3) is 10.2 Å². The Bertz CT molecular complexity index is 626. The summed E-state index contributed by atoms with van der Waals surface area (Å²) in [7, 11) is 0. The molecule has 1 aromatic carbocycles. The molecular formula is C12H11F3N2O2S. The van der Waals surface area contributed by atoms with Crippen LogP contribution in [0.2, 0.25) is 0 Å². The third-order valence-corrected chi connectivity index (χ3v) is 3.69. The minimum atomic E-state index is -4.65. The van der Waals surface area contributed by atoms with E-state index in [0.29, 0.717) is 5.52 Å². The quantitative estimate of drug-likeness (QED) is 0.909. The molecule has 2 N–H and O–H groups in total. The fourth-order valence-electron chi connectivity index (χ4n) is 1.76. The van der Waals surface area contributed by atoms with Gasteiger partial charge in [-0.25, -0.2) is 4.98 Å². The van der Waals surface area contributed by atoms with Crippen molar-refractivity contribution in [2.75, 3.05) is 5.32 Å². The Hall–Kier alpha value is -1.83. The fraction of sp³-hybridized carbons (Fsp3) is 0.333. The van der Waals surface area contributed by atoms with Gasteiger partial charge in [0.05, 0.1) is 21.6 Å². The zero-order valence-corrected chi connectivity index (χ0v) is 11.1. The first-order valence-electron chi connectivity index (χ1n) is 5.68. The van der Waals surface area contributed by atoms with Gasteiger partial charge in [0.25, 0.3) is 0 Å². The highest BCUT2D eigenvalue weighted by molar-refractivity contribution is 7.16. The molecule has 0 aliphatic heterocycles. The lowest BCUT2D eigenvalue weighted by molar-refractivity contribution is -0.167. The molecule has 0 saturated heterocycles. The van der Waals surface area contributed by atoms with Gasteiger partial charge in [0, 0.05) is 5.69 Å². The number of thiazole rings is 1. The number of rotatable bonds is 4. The van der Waals surface area contributed by atoms with Crippen molar-refractivity contribution in [3.05, 3.63) is 23.7 Å². The highest BCUT2D eigenvalue weighted by atomic mass is 32.1. The number of carboxylic acid groups (broad SMARTS) is 1. The van der Waals surface area contributed by atoms with Crippen LogP contribution in [0.3, 0.4) is 0 Å². The fourth-order valence-corrected chi connectivity index (χ4v) is 2.47. The number of hydrogen-bond donors (Lipinski definition) is 2. The van der Waals surface area contributed by atoms with E-state index in [-0.39, 0.29) is 5.69 Å². The smallest absolute Gasteiger partial charge is 0.409 e. The predicted octanol–water partition coefficient (Wildman–Crippen LogP) is 3.36. The van der Waals surface area contributed by atoms with E-state index in [0.717, 1.165) is 11.6 Å². The summed E-state index contributed by atoms with van der Waals surface area (Å²) in [6.07, 6.45) is -4.65. The Kier molecular flexibility index (Phi) is 3.85. The van der Waals surface area contributed by atoms with Gasteiger partial charge in [-0.2, -0.15) is 13.2 Å². The highest BCUT2D eigenvalue weighted by Gasteiger charge is 2.45. The van der Waals surface area contributed by atoms with Crippen molar-refractivity contribution in [1.82, 2.24) is 4.98 Å². The van der Waals surface area contributed by atoms with Crippen LogP contribution in [0.15, 0.2) is 23.7 Å². The van der Waals surface area contributed by atoms with E-state index in [9.17, 15) is 18.0 Å². The zero-order valence-electron chi connectivity index (χ0n) is 10.3. The number of hydrogen-bond acceptors (Lipinski definition) is 4. The van der Waals surface area contributed by atoms with E-state index in [1.54, 1.807) is 11.6 Å². The molecule has 1 aromatic heterocycles. The Morgan fingerprint density at radius 2 is 2.15 bits per heavy atom. The van der Waals surface area contributed by atoms with Crippen LogP contribution in [0.4, 0.5) is 18.9 Å². The molecule has 0 amide bonds. The second-order valence-electron chi connectivity index (χ2n) is 4.33. The number of carboxylic acids is 1. The van der Waals surface area contributed by atoms with Crippen LogP contribution < -0.4 is 5.32 Å². The van der Waals surface area contributed by atoms with Gasteiger partial charge < -0.3 is 10.4 Å². The molecular weight excluding hydrogens is 293 g/mol. The van der Waals surface area contributed by atoms with E-state index in [4.69, 9.17) is 5.11 Å². The van der Waals surface area contributed by atoms with Crippen LogP contribution in [0.5, 0.6) is 0 Å². The average molecular weight is 304 g/mol. The minimum Gasteiger partial charge on any atom is -0.481 e. The van der Waals surface area contributed by atoms with Gasteiger partial charge in [-0.3, -0.25) is 4.79 Å². The van der Waals surface area contributed by atoms with Gasteiger partial charge in [-0.1, -0.05) is 0 Å². The summed E-state index contributed by atoms with van der Waals surface area (Å²) in [4.78, 5) is 14.8. The van der Waals surface area contributed by atoms with Gasteiger partial charge in [-0.15, -0.1) is 11.3 Å². The van der Waals surface area contributed by atoms with E-state index in [1.165, 1.54) is 23.5 Å². The van der Waals surface area contributed by atoms with E-state index >= 15 is 0 Å². The maximum absolute atomic E-state index is 12.9. The first-order valence-corrected chi connectivity index (χ1v) is 6.56. The molecule has 2 atom stereocenters. The summed E-state index contributed by atoms with van der Waals surface area (Å²) in [6, 6.07) is 2.42. The second-order valence-corrected chi connectivity index (χ2v) is 5.21. The molecule has 4 nitrogen and oxygen atoms in total. The summed E-state index contributed by atoms with van der Waals surface area (Å²) >= 11 is 1.30. The molecule has 20 heavy (non-hydrogen) atoms. The summed E-state index contributed by atoms with van der Waals surface area (Å²) in [5.74, 6) is -3.09. The number of aliphatic carboxylic acids is 1. The molecule has 0 radical (unpaired) electrons. The number of alkyl halides is 3. The topological polar surface area (TPSA) is 62.2 Å². The predicted molar refractivity (Wildman–Crippen MR) is 69.9 cm³/mol. The standard InChI is InChI=1S/C12H11F3N2O2S/c1-6(11(18)19)10(12(13,14)15)17-7-2-3-8-9(4-7)20-5-16-8/h2-6,10,17H,1H3,(H,18,19). The number of nitrogens with zero attached hydrogens (tertiary/aromatic N) is 1. The van der Waals surface area contributed by atoms with Crippen molar-refractivity contribution >= 4 is 33.2 Å². The van der Waals surface area contributed by atoms with Gasteiger partial charge in [0.2, 0.25) is 0 Å². The van der Waals surface area contributed by atoms with Crippen LogP contribution in [0, 0.1) is 5.92 Å². The summed E-state index contributed by atoms with van der Waals surface area (Å²) < 4.78 is 39.5. The highest BCUT2D eigenvalue weighted by Crippen LogP contribution is 2.30. The van der Waals surface area contributed by atoms with Gasteiger partial charge >= 0.3 is 12.1 Å². The lowest BCUT2D eigenvalue weighted by Crippen LogP contribution is -2.44. The number of halogens is 3. The average Bonchev–Trinajstić information content (AvgIpc) is 2.80. The number of fused-ring (bicyclic) bond motifs is 1. The Balaban J connectivity index is 2.29. The minimum absolute atomic E-state index is 0.220. The van der Waals surface area contributed by atoms with Crippen LogP contribution in [-0.4, -0.2) is 28.3 Å². The van der Waals surface area contributed by atoms with Crippen molar-refractivity contribution in [3.63, 3.8) is 0 Å². The monoisotopic (exact) mass is 304 g/mol. The lowest BCUT2D eigenvalue weighted by Gasteiger charge is -2.25. The van der Waals surface area contributed by atoms with E-state index in [1.807, 2.05) is 0 Å². The van der Waals surface area contributed by atoms with Crippen LogP contribution >= 0.6 is 11.3 Å². The summed E-state index contributed by atoms with van der Waals surface area (Å²) in [5, 5.41) is 11.0. The molecule has 8 heteroatoms. The molecule has 2 aromatic rings. The number of nitrogens with one attached hydrogen (secondary N) is 1. The van der Waals surface area contributed by atoms with E-state index in [2.05, 4.69) is 10.3 Å². The first kappa shape index (κ1) is 14.6. The molecule has 1 heterocycles. The van der Waals surface area contributed by atoms with Gasteiger partial charge in [0.1, 0.15) is 6.04 Å². The van der Waals surface area contributed by atoms with Gasteiger partial charge in [-0.05, 0) is 25.1 Å². The summed E-state index contributed by atoms with van der Waals surface area (Å²) in [6.45, 7) is 1.03. The maximum atomic E-state index is 12.9. The largest absolute Gasteiger partial charge is 0.481 e. The molecule has 0 aliphatic rings. The van der Waals surface area contributed by atoms with Crippen molar-refractivity contribution in [3.8, 4) is 0 Å². The van der Waals surface area contributed by atoms with Crippen molar-refractivity contribution in [2.45, 2.75) is 19.1 Å². The summed E-state index contributed by atoms with van der Waals surface area (Å²) in [5.41, 5.74) is 2.50. The number of aromatic nitrogens is 1. The Morgan fingerprint density at radius 1 is 1.45 bits per heavy atom. The molecule has 0 fully saturated rings.